The Morgan fingerprint density at radius 1 is 1.39 bits per heavy atom. The van der Waals surface area contributed by atoms with Crippen LogP contribution in [0.2, 0.25) is 0 Å². The van der Waals surface area contributed by atoms with Gasteiger partial charge >= 0.3 is 0 Å². The van der Waals surface area contributed by atoms with Crippen molar-refractivity contribution in [1.29, 1.82) is 0 Å². The van der Waals surface area contributed by atoms with Gasteiger partial charge in [0.05, 0.1) is 6.61 Å². The molecule has 4 heteroatoms. The van der Waals surface area contributed by atoms with E-state index in [4.69, 9.17) is 5.11 Å². The van der Waals surface area contributed by atoms with Crippen molar-refractivity contribution in [3.8, 4) is 0 Å². The lowest BCUT2D eigenvalue weighted by Gasteiger charge is -2.27. The largest absolute Gasteiger partial charge is 0.395 e. The number of nitrogens with zero attached hydrogens (tertiary/aromatic N) is 2. The van der Waals surface area contributed by atoms with Crippen LogP contribution in [-0.4, -0.2) is 35.8 Å². The number of aliphatic hydroxyl groups excluding tert-OH is 1. The van der Waals surface area contributed by atoms with Crippen molar-refractivity contribution in [2.75, 3.05) is 24.6 Å². The number of aromatic nitrogens is 1. The summed E-state index contributed by atoms with van der Waals surface area (Å²) in [6, 6.07) is 4.78. The number of hydrogen-bond acceptors (Lipinski definition) is 4. The zero-order valence-corrected chi connectivity index (χ0v) is 11.8. The van der Waals surface area contributed by atoms with E-state index >= 15 is 0 Å². The van der Waals surface area contributed by atoms with Crippen LogP contribution in [0.1, 0.15) is 39.3 Å². The molecule has 0 amide bonds. The van der Waals surface area contributed by atoms with E-state index in [1.807, 2.05) is 12.3 Å². The molecular formula is C14H25N3O. The first-order valence-corrected chi connectivity index (χ1v) is 6.67. The number of pyridine rings is 1. The lowest BCUT2D eigenvalue weighted by atomic mass is 10.1. The molecule has 1 heterocycles. The minimum absolute atomic E-state index is 0.146. The number of aliphatic hydroxyl groups is 1. The van der Waals surface area contributed by atoms with E-state index in [9.17, 15) is 0 Å². The van der Waals surface area contributed by atoms with Crippen molar-refractivity contribution in [1.82, 2.24) is 10.3 Å². The van der Waals surface area contributed by atoms with Gasteiger partial charge in [0.25, 0.3) is 0 Å². The second-order valence-electron chi connectivity index (χ2n) is 4.74. The molecule has 0 spiro atoms. The standard InChI is InChI=1S/C14H25N3O/c1-5-15-12(4)13-6-7-16-14(10-13)17(8-9-18)11(2)3/h6-7,10-12,15,18H,5,8-9H2,1-4H3. The highest BCUT2D eigenvalue weighted by Gasteiger charge is 2.13. The molecule has 0 aliphatic rings. The fraction of sp³-hybridized carbons (Fsp3) is 0.643. The highest BCUT2D eigenvalue weighted by Crippen LogP contribution is 2.19. The molecule has 0 saturated carbocycles. The first-order valence-electron chi connectivity index (χ1n) is 6.67. The van der Waals surface area contributed by atoms with Crippen molar-refractivity contribution in [3.63, 3.8) is 0 Å². The van der Waals surface area contributed by atoms with Crippen LogP contribution in [0, 0.1) is 0 Å². The Kier molecular flexibility index (Phi) is 6.09. The monoisotopic (exact) mass is 251 g/mol. The summed E-state index contributed by atoms with van der Waals surface area (Å²) in [7, 11) is 0. The smallest absolute Gasteiger partial charge is 0.129 e. The molecule has 18 heavy (non-hydrogen) atoms. The predicted molar refractivity (Wildman–Crippen MR) is 75.9 cm³/mol. The molecule has 1 rings (SSSR count). The fourth-order valence-corrected chi connectivity index (χ4v) is 2.03. The van der Waals surface area contributed by atoms with Crippen molar-refractivity contribution in [2.24, 2.45) is 0 Å². The van der Waals surface area contributed by atoms with Crippen LogP contribution >= 0.6 is 0 Å². The number of nitrogens with one attached hydrogen (secondary N) is 1. The molecule has 4 nitrogen and oxygen atoms in total. The van der Waals surface area contributed by atoms with Gasteiger partial charge in [0.15, 0.2) is 0 Å². The van der Waals surface area contributed by atoms with E-state index in [0.29, 0.717) is 18.6 Å². The summed E-state index contributed by atoms with van der Waals surface area (Å²) in [5.74, 6) is 0.932. The Morgan fingerprint density at radius 2 is 2.11 bits per heavy atom. The topological polar surface area (TPSA) is 48.4 Å². The molecule has 1 aromatic rings. The molecule has 1 unspecified atom stereocenters. The molecule has 0 radical (unpaired) electrons. The third-order valence-corrected chi connectivity index (χ3v) is 3.04. The average Bonchev–Trinajstić information content (AvgIpc) is 2.36. The Bertz CT molecular complexity index is 355. The average molecular weight is 251 g/mol. The van der Waals surface area contributed by atoms with E-state index < -0.39 is 0 Å². The van der Waals surface area contributed by atoms with Gasteiger partial charge in [-0.15, -0.1) is 0 Å². The van der Waals surface area contributed by atoms with Crippen molar-refractivity contribution in [3.05, 3.63) is 23.9 Å². The highest BCUT2D eigenvalue weighted by molar-refractivity contribution is 5.42. The van der Waals surface area contributed by atoms with Crippen LogP contribution in [0.4, 0.5) is 5.82 Å². The van der Waals surface area contributed by atoms with Gasteiger partial charge in [0.1, 0.15) is 5.82 Å². The third-order valence-electron chi connectivity index (χ3n) is 3.04. The highest BCUT2D eigenvalue weighted by atomic mass is 16.3. The summed E-state index contributed by atoms with van der Waals surface area (Å²) in [6.07, 6.45) is 1.84. The minimum Gasteiger partial charge on any atom is -0.395 e. The maximum atomic E-state index is 9.13. The van der Waals surface area contributed by atoms with Gasteiger partial charge in [-0.25, -0.2) is 4.98 Å². The lowest BCUT2D eigenvalue weighted by molar-refractivity contribution is 0.298. The summed E-state index contributed by atoms with van der Waals surface area (Å²) in [5.41, 5.74) is 1.23. The van der Waals surface area contributed by atoms with E-state index in [2.05, 4.69) is 49.0 Å². The zero-order valence-electron chi connectivity index (χ0n) is 11.8. The van der Waals surface area contributed by atoms with Gasteiger partial charge < -0.3 is 15.3 Å². The Hall–Kier alpha value is -1.13. The third kappa shape index (κ3) is 3.96. The first-order chi connectivity index (χ1) is 8.60. The minimum atomic E-state index is 0.146. The summed E-state index contributed by atoms with van der Waals surface area (Å²) in [5, 5.41) is 12.5. The maximum absolute atomic E-state index is 9.13. The predicted octanol–water partition coefficient (Wildman–Crippen LogP) is 1.96. The van der Waals surface area contributed by atoms with Crippen LogP contribution in [0.5, 0.6) is 0 Å². The Labute approximate surface area is 110 Å². The van der Waals surface area contributed by atoms with Gasteiger partial charge in [-0.05, 0) is 45.0 Å². The molecule has 0 bridgehead atoms. The van der Waals surface area contributed by atoms with E-state index in [0.717, 1.165) is 12.4 Å². The Balaban J connectivity index is 2.91. The van der Waals surface area contributed by atoms with Crippen LogP contribution < -0.4 is 10.2 Å². The molecule has 0 fully saturated rings. The zero-order chi connectivity index (χ0) is 13.5. The second-order valence-corrected chi connectivity index (χ2v) is 4.74. The molecule has 0 aliphatic carbocycles. The van der Waals surface area contributed by atoms with Crippen molar-refractivity contribution >= 4 is 5.82 Å². The quantitative estimate of drug-likeness (QED) is 0.778. The summed E-state index contributed by atoms with van der Waals surface area (Å²) in [6.45, 7) is 10.2. The number of anilines is 1. The lowest BCUT2D eigenvalue weighted by Crippen LogP contribution is -2.34. The van der Waals surface area contributed by atoms with Gasteiger partial charge in [0, 0.05) is 24.8 Å². The SMILES string of the molecule is CCNC(C)c1ccnc(N(CCO)C(C)C)c1. The molecule has 102 valence electrons. The number of rotatable bonds is 7. The van der Waals surface area contributed by atoms with Gasteiger partial charge in [-0.2, -0.15) is 0 Å². The van der Waals surface area contributed by atoms with E-state index in [-0.39, 0.29) is 6.61 Å². The number of hydrogen-bond donors (Lipinski definition) is 2. The molecule has 1 atom stereocenters. The van der Waals surface area contributed by atoms with E-state index in [1.54, 1.807) is 0 Å². The van der Waals surface area contributed by atoms with Crippen molar-refractivity contribution in [2.45, 2.75) is 39.8 Å². The fourth-order valence-electron chi connectivity index (χ4n) is 2.03. The summed E-state index contributed by atoms with van der Waals surface area (Å²) < 4.78 is 0. The first kappa shape index (κ1) is 14.9. The molecule has 1 aromatic heterocycles. The molecular weight excluding hydrogens is 226 g/mol. The van der Waals surface area contributed by atoms with Gasteiger partial charge in [-0.3, -0.25) is 0 Å². The van der Waals surface area contributed by atoms with Crippen molar-refractivity contribution < 1.29 is 5.11 Å². The maximum Gasteiger partial charge on any atom is 0.129 e. The van der Waals surface area contributed by atoms with Crippen LogP contribution in [0.15, 0.2) is 18.3 Å². The second kappa shape index (κ2) is 7.34. The van der Waals surface area contributed by atoms with Crippen LogP contribution in [0.25, 0.3) is 0 Å². The summed E-state index contributed by atoms with van der Waals surface area (Å²) in [4.78, 5) is 6.52. The van der Waals surface area contributed by atoms with E-state index in [1.165, 1.54) is 5.56 Å². The molecule has 2 N–H and O–H groups in total. The molecule has 0 aliphatic heterocycles. The van der Waals surface area contributed by atoms with Gasteiger partial charge in [-0.1, -0.05) is 6.92 Å². The molecule has 0 aromatic carbocycles. The van der Waals surface area contributed by atoms with Crippen LogP contribution in [0.3, 0.4) is 0 Å². The Morgan fingerprint density at radius 3 is 2.67 bits per heavy atom. The van der Waals surface area contributed by atoms with Gasteiger partial charge in [0.2, 0.25) is 0 Å². The molecule has 0 saturated heterocycles. The summed E-state index contributed by atoms with van der Waals surface area (Å²) >= 11 is 0. The van der Waals surface area contributed by atoms with Crippen LogP contribution in [-0.2, 0) is 0 Å². The normalized spacial score (nSPS) is 12.8.